The highest BCUT2D eigenvalue weighted by atomic mass is 19.1. The van der Waals surface area contributed by atoms with Crippen molar-refractivity contribution < 1.29 is 23.8 Å². The third-order valence-corrected chi connectivity index (χ3v) is 4.94. The van der Waals surface area contributed by atoms with E-state index in [9.17, 15) is 19.1 Å². The molecule has 0 radical (unpaired) electrons. The fourth-order valence-electron chi connectivity index (χ4n) is 3.43. The first kappa shape index (κ1) is 21.7. The minimum absolute atomic E-state index is 0.134. The molecular weight excluding hydrogens is 389 g/mol. The molecule has 3 atom stereocenters. The maximum atomic E-state index is 13.2. The van der Waals surface area contributed by atoms with E-state index < -0.39 is 6.10 Å². The third-order valence-electron chi connectivity index (χ3n) is 4.94. The van der Waals surface area contributed by atoms with Crippen molar-refractivity contribution in [1.29, 1.82) is 0 Å². The number of hydrogen-bond donors (Lipinski definition) is 4. The van der Waals surface area contributed by atoms with Crippen molar-refractivity contribution in [2.75, 3.05) is 11.9 Å². The van der Waals surface area contributed by atoms with Crippen LogP contribution in [-0.4, -0.2) is 41.9 Å². The van der Waals surface area contributed by atoms with Crippen LogP contribution in [0.5, 0.6) is 0 Å². The van der Waals surface area contributed by atoms with E-state index >= 15 is 0 Å². The summed E-state index contributed by atoms with van der Waals surface area (Å²) in [7, 11) is 0. The standard InChI is InChI=1S/C22H26FN3O4/c23-16-6-4-5-15(11-16)13-24-21(28)12-18-9-10-19(20(14-27)30-18)26-22(29)25-17-7-2-1-3-8-17/h1-8,11,18-20,27H,9-10,12-14H2,(H,24,28)(H2,25,26,29)/t18-,19+,20-/m0/s1. The summed E-state index contributed by atoms with van der Waals surface area (Å²) >= 11 is 0. The van der Waals surface area contributed by atoms with Gasteiger partial charge >= 0.3 is 6.03 Å². The molecule has 1 aliphatic rings. The maximum Gasteiger partial charge on any atom is 0.319 e. The largest absolute Gasteiger partial charge is 0.394 e. The molecule has 7 nitrogen and oxygen atoms in total. The summed E-state index contributed by atoms with van der Waals surface area (Å²) < 4.78 is 19.0. The molecule has 30 heavy (non-hydrogen) atoms. The highest BCUT2D eigenvalue weighted by molar-refractivity contribution is 5.89. The topological polar surface area (TPSA) is 99.7 Å². The zero-order valence-corrected chi connectivity index (χ0v) is 16.5. The number of nitrogens with one attached hydrogen (secondary N) is 3. The number of carbonyl (C=O) groups is 2. The van der Waals surface area contributed by atoms with E-state index in [-0.39, 0.29) is 49.5 Å². The number of urea groups is 1. The molecule has 2 aromatic carbocycles. The number of anilines is 1. The van der Waals surface area contributed by atoms with Gasteiger partial charge < -0.3 is 25.8 Å². The van der Waals surface area contributed by atoms with E-state index in [2.05, 4.69) is 16.0 Å². The van der Waals surface area contributed by atoms with Gasteiger partial charge in [-0.25, -0.2) is 9.18 Å². The first-order valence-corrected chi connectivity index (χ1v) is 9.93. The van der Waals surface area contributed by atoms with E-state index in [4.69, 9.17) is 4.74 Å². The number of carbonyl (C=O) groups excluding carboxylic acids is 2. The summed E-state index contributed by atoms with van der Waals surface area (Å²) in [6, 6.07) is 14.4. The van der Waals surface area contributed by atoms with E-state index in [0.29, 0.717) is 24.1 Å². The lowest BCUT2D eigenvalue weighted by Crippen LogP contribution is -2.52. The summed E-state index contributed by atoms with van der Waals surface area (Å²) in [5, 5.41) is 18.0. The molecule has 1 heterocycles. The van der Waals surface area contributed by atoms with Crippen LogP contribution in [0.25, 0.3) is 0 Å². The zero-order valence-electron chi connectivity index (χ0n) is 16.5. The van der Waals surface area contributed by atoms with Gasteiger partial charge in [0, 0.05) is 12.2 Å². The van der Waals surface area contributed by atoms with Gasteiger partial charge in [0.25, 0.3) is 0 Å². The van der Waals surface area contributed by atoms with Crippen molar-refractivity contribution >= 4 is 17.6 Å². The summed E-state index contributed by atoms with van der Waals surface area (Å²) in [5.41, 5.74) is 1.34. The van der Waals surface area contributed by atoms with Crippen LogP contribution in [0.4, 0.5) is 14.9 Å². The number of para-hydroxylation sites is 1. The second kappa shape index (κ2) is 10.7. The Balaban J connectivity index is 1.44. The number of hydrogen-bond acceptors (Lipinski definition) is 4. The molecule has 160 valence electrons. The van der Waals surface area contributed by atoms with Gasteiger partial charge in [0.15, 0.2) is 0 Å². The van der Waals surface area contributed by atoms with Crippen LogP contribution >= 0.6 is 0 Å². The fraction of sp³-hybridized carbons (Fsp3) is 0.364. The minimum atomic E-state index is -0.596. The van der Waals surface area contributed by atoms with Crippen molar-refractivity contribution in [3.63, 3.8) is 0 Å². The van der Waals surface area contributed by atoms with Crippen LogP contribution in [0.3, 0.4) is 0 Å². The average Bonchev–Trinajstić information content (AvgIpc) is 2.74. The number of amides is 3. The number of rotatable bonds is 7. The van der Waals surface area contributed by atoms with Crippen molar-refractivity contribution in [1.82, 2.24) is 10.6 Å². The van der Waals surface area contributed by atoms with Gasteiger partial charge in [-0.2, -0.15) is 0 Å². The zero-order chi connectivity index (χ0) is 21.3. The molecule has 8 heteroatoms. The van der Waals surface area contributed by atoms with Crippen LogP contribution in [0.2, 0.25) is 0 Å². The predicted molar refractivity (Wildman–Crippen MR) is 110 cm³/mol. The lowest BCUT2D eigenvalue weighted by Gasteiger charge is -2.35. The Morgan fingerprint density at radius 2 is 1.90 bits per heavy atom. The molecule has 0 spiro atoms. The molecule has 4 N–H and O–H groups in total. The second-order valence-corrected chi connectivity index (χ2v) is 7.24. The van der Waals surface area contributed by atoms with E-state index in [0.717, 1.165) is 0 Å². The first-order valence-electron chi connectivity index (χ1n) is 9.93. The second-order valence-electron chi connectivity index (χ2n) is 7.24. The van der Waals surface area contributed by atoms with Gasteiger partial charge in [0.05, 0.1) is 25.2 Å². The summed E-state index contributed by atoms with van der Waals surface area (Å²) in [5.74, 6) is -0.563. The van der Waals surface area contributed by atoms with Crippen LogP contribution in [0.15, 0.2) is 54.6 Å². The maximum absolute atomic E-state index is 13.2. The molecule has 1 aliphatic heterocycles. The Kier molecular flexibility index (Phi) is 7.75. The molecule has 2 aromatic rings. The Bertz CT molecular complexity index is 849. The summed E-state index contributed by atoms with van der Waals surface area (Å²) in [6.45, 7) is -0.0335. The average molecular weight is 415 g/mol. The summed E-state index contributed by atoms with van der Waals surface area (Å²) in [6.07, 6.45) is 0.329. The number of benzene rings is 2. The molecule has 3 rings (SSSR count). The number of ether oxygens (including phenoxy) is 1. The monoisotopic (exact) mass is 415 g/mol. The highest BCUT2D eigenvalue weighted by Gasteiger charge is 2.32. The van der Waals surface area contributed by atoms with Gasteiger partial charge in [-0.1, -0.05) is 30.3 Å². The molecule has 0 unspecified atom stereocenters. The SMILES string of the molecule is O=C(C[C@@H]1CC[C@@H](NC(=O)Nc2ccccc2)[C@H](CO)O1)NCc1cccc(F)c1. The molecule has 3 amide bonds. The van der Waals surface area contributed by atoms with E-state index in [1.54, 1.807) is 24.3 Å². The van der Waals surface area contributed by atoms with Crippen molar-refractivity contribution in [3.8, 4) is 0 Å². The highest BCUT2D eigenvalue weighted by Crippen LogP contribution is 2.22. The normalized spacial score (nSPS) is 20.9. The Labute approximate surface area is 174 Å². The predicted octanol–water partition coefficient (Wildman–Crippen LogP) is 2.56. The smallest absolute Gasteiger partial charge is 0.319 e. The van der Waals surface area contributed by atoms with Crippen LogP contribution < -0.4 is 16.0 Å². The van der Waals surface area contributed by atoms with Crippen molar-refractivity contribution in [3.05, 3.63) is 66.0 Å². The molecule has 0 saturated carbocycles. The van der Waals surface area contributed by atoms with E-state index in [1.807, 2.05) is 18.2 Å². The van der Waals surface area contributed by atoms with Gasteiger partial charge in [-0.05, 0) is 42.7 Å². The van der Waals surface area contributed by atoms with Crippen LogP contribution in [0.1, 0.15) is 24.8 Å². The van der Waals surface area contributed by atoms with Crippen molar-refractivity contribution in [2.24, 2.45) is 0 Å². The quantitative estimate of drug-likeness (QED) is 0.558. The van der Waals surface area contributed by atoms with E-state index in [1.165, 1.54) is 12.1 Å². The Hall–Kier alpha value is -2.97. The lowest BCUT2D eigenvalue weighted by atomic mass is 9.97. The molecule has 0 aromatic heterocycles. The van der Waals surface area contributed by atoms with Crippen molar-refractivity contribution in [2.45, 2.75) is 44.1 Å². The van der Waals surface area contributed by atoms with Gasteiger partial charge in [0.2, 0.25) is 5.91 Å². The number of halogens is 1. The Morgan fingerprint density at radius 1 is 1.10 bits per heavy atom. The molecule has 1 saturated heterocycles. The summed E-state index contributed by atoms with van der Waals surface area (Å²) in [4.78, 5) is 24.4. The molecule has 0 aliphatic carbocycles. The van der Waals surface area contributed by atoms with Crippen LogP contribution in [0, 0.1) is 5.82 Å². The lowest BCUT2D eigenvalue weighted by molar-refractivity contribution is -0.130. The minimum Gasteiger partial charge on any atom is -0.394 e. The van der Waals surface area contributed by atoms with Gasteiger partial charge in [-0.15, -0.1) is 0 Å². The Morgan fingerprint density at radius 3 is 2.63 bits per heavy atom. The number of aliphatic hydroxyl groups is 1. The molecule has 0 bridgehead atoms. The molecule has 1 fully saturated rings. The first-order chi connectivity index (χ1) is 14.5. The third kappa shape index (κ3) is 6.53. The molecular formula is C22H26FN3O4. The van der Waals surface area contributed by atoms with Gasteiger partial charge in [-0.3, -0.25) is 4.79 Å². The van der Waals surface area contributed by atoms with Crippen LogP contribution in [-0.2, 0) is 16.1 Å². The van der Waals surface area contributed by atoms with Gasteiger partial charge in [0.1, 0.15) is 11.9 Å². The fourth-order valence-corrected chi connectivity index (χ4v) is 3.43. The number of aliphatic hydroxyl groups excluding tert-OH is 1.